The van der Waals surface area contributed by atoms with Crippen molar-refractivity contribution in [3.63, 3.8) is 0 Å². The fourth-order valence-electron chi connectivity index (χ4n) is 1.44. The average molecular weight is 267 g/mol. The highest BCUT2D eigenvalue weighted by Gasteiger charge is 2.48. The third-order valence-electron chi connectivity index (χ3n) is 2.72. The normalized spacial score (nSPS) is 22.1. The Labute approximate surface area is 112 Å². The Morgan fingerprint density at radius 1 is 1.37 bits per heavy atom. The first-order valence-corrected chi connectivity index (χ1v) is 6.26. The Kier molecular flexibility index (Phi) is 6.61. The molecule has 19 heavy (non-hydrogen) atoms. The van der Waals surface area contributed by atoms with Crippen LogP contribution in [-0.2, 0) is 4.84 Å². The van der Waals surface area contributed by atoms with Gasteiger partial charge < -0.3 is 16.6 Å². The molecule has 1 aromatic carbocycles. The third-order valence-corrected chi connectivity index (χ3v) is 2.72. The summed E-state index contributed by atoms with van der Waals surface area (Å²) in [6.07, 6.45) is 3.41. The zero-order valence-corrected chi connectivity index (χ0v) is 10.8. The molecule has 1 fully saturated rings. The molecule has 0 radical (unpaired) electrons. The molecule has 0 amide bonds. The summed E-state index contributed by atoms with van der Waals surface area (Å²) < 4.78 is 0. The lowest BCUT2D eigenvalue weighted by atomic mass is 10.1. The topological polar surface area (TPSA) is 124 Å². The molecule has 0 aliphatic carbocycles. The minimum Gasteiger partial charge on any atom is -0.349 e. The highest BCUT2D eigenvalue weighted by atomic mass is 16.9. The monoisotopic (exact) mass is 267 g/mol. The van der Waals surface area contributed by atoms with E-state index >= 15 is 0 Å². The number of carbonyl (C=O) groups excluding carboxylic acids is 1. The molecule has 1 heterocycles. The number of aliphatic hydroxyl groups is 1. The van der Waals surface area contributed by atoms with E-state index in [1.165, 1.54) is 0 Å². The number of benzene rings is 1. The van der Waals surface area contributed by atoms with Gasteiger partial charge in [0.05, 0.1) is 6.04 Å². The SMILES string of the molecule is NCCCC[C@H](N)C1(O)NO1.O=Cc1ccccc1. The van der Waals surface area contributed by atoms with Crippen LogP contribution in [0.1, 0.15) is 29.6 Å². The second-order valence-electron chi connectivity index (χ2n) is 4.32. The van der Waals surface area contributed by atoms with Crippen molar-refractivity contribution in [2.45, 2.75) is 31.2 Å². The van der Waals surface area contributed by atoms with E-state index in [-0.39, 0.29) is 6.04 Å². The van der Waals surface area contributed by atoms with Gasteiger partial charge in [-0.2, -0.15) is 0 Å². The van der Waals surface area contributed by atoms with E-state index in [9.17, 15) is 9.90 Å². The van der Waals surface area contributed by atoms with Gasteiger partial charge in [0.1, 0.15) is 6.29 Å². The number of nitrogens with two attached hydrogens (primary N) is 2. The average Bonchev–Trinajstić information content (AvgIpc) is 3.20. The van der Waals surface area contributed by atoms with Crippen LogP contribution in [0.15, 0.2) is 30.3 Å². The molecule has 0 saturated carbocycles. The summed E-state index contributed by atoms with van der Waals surface area (Å²) in [7, 11) is 0. The number of hydrogen-bond acceptors (Lipinski definition) is 6. The van der Waals surface area contributed by atoms with Crippen LogP contribution in [0.2, 0.25) is 0 Å². The Balaban J connectivity index is 0.000000200. The van der Waals surface area contributed by atoms with Gasteiger partial charge in [-0.1, -0.05) is 36.8 Å². The van der Waals surface area contributed by atoms with Crippen LogP contribution in [0.25, 0.3) is 0 Å². The zero-order chi connectivity index (χ0) is 14.1. The maximum atomic E-state index is 10.0. The largest absolute Gasteiger partial charge is 0.349 e. The molecule has 6 N–H and O–H groups in total. The highest BCUT2D eigenvalue weighted by Crippen LogP contribution is 2.21. The van der Waals surface area contributed by atoms with Crippen molar-refractivity contribution in [1.29, 1.82) is 0 Å². The van der Waals surface area contributed by atoms with Gasteiger partial charge in [0.2, 0.25) is 0 Å². The van der Waals surface area contributed by atoms with Crippen molar-refractivity contribution in [2.24, 2.45) is 11.5 Å². The summed E-state index contributed by atoms with van der Waals surface area (Å²) in [4.78, 5) is 14.5. The van der Waals surface area contributed by atoms with Gasteiger partial charge in [0.15, 0.2) is 0 Å². The highest BCUT2D eigenvalue weighted by molar-refractivity contribution is 5.74. The fraction of sp³-hybridized carbons (Fsp3) is 0.462. The molecule has 6 heteroatoms. The van der Waals surface area contributed by atoms with Gasteiger partial charge in [-0.25, -0.2) is 4.84 Å². The van der Waals surface area contributed by atoms with Crippen LogP contribution in [-0.4, -0.2) is 29.9 Å². The number of carbonyl (C=O) groups is 1. The Bertz CT molecular complexity index is 369. The third kappa shape index (κ3) is 5.91. The van der Waals surface area contributed by atoms with Crippen LogP contribution >= 0.6 is 0 Å². The van der Waals surface area contributed by atoms with E-state index in [1.807, 2.05) is 18.2 Å². The number of nitrogens with one attached hydrogen (secondary N) is 1. The van der Waals surface area contributed by atoms with E-state index in [1.54, 1.807) is 12.1 Å². The van der Waals surface area contributed by atoms with Crippen LogP contribution < -0.4 is 16.9 Å². The van der Waals surface area contributed by atoms with Gasteiger partial charge >= 0.3 is 0 Å². The van der Waals surface area contributed by atoms with Gasteiger partial charge in [0, 0.05) is 5.56 Å². The molecule has 1 unspecified atom stereocenters. The fourth-order valence-corrected chi connectivity index (χ4v) is 1.44. The number of rotatable bonds is 6. The first kappa shape index (κ1) is 15.7. The molecular weight excluding hydrogens is 246 g/mol. The number of unbranched alkanes of at least 4 members (excludes halogenated alkanes) is 1. The lowest BCUT2D eigenvalue weighted by molar-refractivity contribution is 0.00967. The lowest BCUT2D eigenvalue weighted by Gasteiger charge is -2.11. The second-order valence-corrected chi connectivity index (χ2v) is 4.32. The lowest BCUT2D eigenvalue weighted by Crippen LogP contribution is -2.39. The van der Waals surface area contributed by atoms with Crippen molar-refractivity contribution in [3.8, 4) is 0 Å². The number of aldehydes is 1. The molecule has 0 aromatic heterocycles. The molecule has 6 nitrogen and oxygen atoms in total. The smallest absolute Gasteiger partial charge is 0.280 e. The summed E-state index contributed by atoms with van der Waals surface area (Å²) in [5.74, 6) is -1.26. The first-order chi connectivity index (χ1) is 9.12. The van der Waals surface area contributed by atoms with E-state index < -0.39 is 5.91 Å². The van der Waals surface area contributed by atoms with Crippen LogP contribution in [0.3, 0.4) is 0 Å². The summed E-state index contributed by atoms with van der Waals surface area (Å²) in [5.41, 5.74) is 13.9. The molecule has 1 aliphatic heterocycles. The van der Waals surface area contributed by atoms with Crippen molar-refractivity contribution < 1.29 is 14.7 Å². The molecule has 106 valence electrons. The molecule has 1 aliphatic rings. The maximum Gasteiger partial charge on any atom is 0.280 e. The van der Waals surface area contributed by atoms with Crippen LogP contribution in [0, 0.1) is 0 Å². The number of hydrogen-bond donors (Lipinski definition) is 4. The molecule has 0 bridgehead atoms. The predicted molar refractivity (Wildman–Crippen MR) is 71.9 cm³/mol. The van der Waals surface area contributed by atoms with Crippen molar-refractivity contribution >= 4 is 6.29 Å². The summed E-state index contributed by atoms with van der Waals surface area (Å²) in [6, 6.07) is 8.74. The first-order valence-electron chi connectivity index (χ1n) is 6.26. The summed E-state index contributed by atoms with van der Waals surface area (Å²) in [6.45, 7) is 0.666. The maximum absolute atomic E-state index is 10.0. The van der Waals surface area contributed by atoms with Crippen molar-refractivity contribution in [1.82, 2.24) is 5.48 Å². The van der Waals surface area contributed by atoms with E-state index in [0.717, 1.165) is 31.1 Å². The molecule has 1 saturated heterocycles. The molecule has 2 atom stereocenters. The molecule has 2 rings (SSSR count). The van der Waals surface area contributed by atoms with E-state index in [4.69, 9.17) is 11.5 Å². The Hall–Kier alpha value is -1.31. The Morgan fingerprint density at radius 3 is 2.42 bits per heavy atom. The Morgan fingerprint density at radius 2 is 2.00 bits per heavy atom. The van der Waals surface area contributed by atoms with Crippen molar-refractivity contribution in [2.75, 3.05) is 6.54 Å². The minimum atomic E-state index is -1.26. The summed E-state index contributed by atoms with van der Waals surface area (Å²) >= 11 is 0. The van der Waals surface area contributed by atoms with Gasteiger partial charge in [0.25, 0.3) is 5.91 Å². The van der Waals surface area contributed by atoms with Gasteiger partial charge in [-0.05, 0) is 19.4 Å². The van der Waals surface area contributed by atoms with Gasteiger partial charge in [-0.15, -0.1) is 5.48 Å². The molecule has 0 spiro atoms. The number of hydroxylamine groups is 1. The van der Waals surface area contributed by atoms with E-state index in [0.29, 0.717) is 6.54 Å². The zero-order valence-electron chi connectivity index (χ0n) is 10.8. The van der Waals surface area contributed by atoms with Crippen LogP contribution in [0.4, 0.5) is 0 Å². The summed E-state index contributed by atoms with van der Waals surface area (Å²) in [5, 5.41) is 9.21. The minimum absolute atomic E-state index is 0.353. The standard InChI is InChI=1S/C7H6O.C6H15N3O2/c8-6-7-4-2-1-3-5-7;7-4-2-1-3-5(8)6(10)9-11-6/h1-6H;5,9-10H,1-4,7-8H2/t;5-,6?/m.0/s1. The van der Waals surface area contributed by atoms with Gasteiger partial charge in [-0.3, -0.25) is 4.79 Å². The van der Waals surface area contributed by atoms with Crippen molar-refractivity contribution in [3.05, 3.63) is 35.9 Å². The molecular formula is C13H21N3O3. The molecule has 1 aromatic rings. The van der Waals surface area contributed by atoms with Crippen LogP contribution in [0.5, 0.6) is 0 Å². The van der Waals surface area contributed by atoms with E-state index in [2.05, 4.69) is 10.3 Å². The second kappa shape index (κ2) is 7.98. The quantitative estimate of drug-likeness (QED) is 0.330. The predicted octanol–water partition coefficient (Wildman–Crippen LogP) is 0.123.